The lowest BCUT2D eigenvalue weighted by molar-refractivity contribution is -0.154. The maximum Gasteiger partial charge on any atom is 0.285 e. The lowest BCUT2D eigenvalue weighted by atomic mass is 10.00. The van der Waals surface area contributed by atoms with Crippen LogP contribution in [0.4, 0.5) is 4.39 Å². The average Bonchev–Trinajstić information content (AvgIpc) is 3.08. The SMILES string of the molecule is O=C1CCC(F)(N2Cc3c(ccc4c3CNC4)C2=O)C(=O)N1. The number of halogens is 1. The van der Waals surface area contributed by atoms with Crippen molar-refractivity contribution >= 4 is 17.7 Å². The van der Waals surface area contributed by atoms with E-state index >= 15 is 4.39 Å². The molecule has 0 aliphatic carbocycles. The van der Waals surface area contributed by atoms with Crippen LogP contribution in [0.3, 0.4) is 0 Å². The molecule has 0 spiro atoms. The van der Waals surface area contributed by atoms with E-state index in [9.17, 15) is 14.4 Å². The summed E-state index contributed by atoms with van der Waals surface area (Å²) in [5.41, 5.74) is 3.35. The van der Waals surface area contributed by atoms with Gasteiger partial charge in [0.25, 0.3) is 17.6 Å². The second-order valence-corrected chi connectivity index (χ2v) is 5.86. The summed E-state index contributed by atoms with van der Waals surface area (Å²) in [7, 11) is 0. The van der Waals surface area contributed by atoms with Crippen molar-refractivity contribution in [3.63, 3.8) is 0 Å². The summed E-state index contributed by atoms with van der Waals surface area (Å²) in [6.07, 6.45) is -0.403. The number of rotatable bonds is 1. The lowest BCUT2D eigenvalue weighted by Crippen LogP contribution is -2.60. The first-order chi connectivity index (χ1) is 10.5. The molecule has 4 rings (SSSR count). The van der Waals surface area contributed by atoms with E-state index in [1.54, 1.807) is 6.07 Å². The van der Waals surface area contributed by atoms with E-state index in [2.05, 4.69) is 5.32 Å². The first-order valence-corrected chi connectivity index (χ1v) is 7.20. The van der Waals surface area contributed by atoms with Crippen LogP contribution in [0, 0.1) is 0 Å². The number of imide groups is 1. The topological polar surface area (TPSA) is 78.5 Å². The number of fused-ring (bicyclic) bond motifs is 3. The highest BCUT2D eigenvalue weighted by Crippen LogP contribution is 2.38. The average molecular weight is 303 g/mol. The number of carbonyl (C=O) groups excluding carboxylic acids is 3. The molecule has 1 saturated heterocycles. The molecular formula is C15H14FN3O3. The Morgan fingerprint density at radius 2 is 1.95 bits per heavy atom. The van der Waals surface area contributed by atoms with Crippen LogP contribution in [0.2, 0.25) is 0 Å². The molecule has 3 heterocycles. The van der Waals surface area contributed by atoms with Crippen LogP contribution in [0.1, 0.15) is 39.9 Å². The number of alkyl halides is 1. The van der Waals surface area contributed by atoms with Gasteiger partial charge in [0.15, 0.2) is 0 Å². The Morgan fingerprint density at radius 1 is 1.14 bits per heavy atom. The smallest absolute Gasteiger partial charge is 0.285 e. The van der Waals surface area contributed by atoms with Gasteiger partial charge >= 0.3 is 0 Å². The normalized spacial score (nSPS) is 27.0. The van der Waals surface area contributed by atoms with Crippen molar-refractivity contribution in [1.29, 1.82) is 0 Å². The molecule has 1 unspecified atom stereocenters. The maximum atomic E-state index is 15.1. The highest BCUT2D eigenvalue weighted by atomic mass is 19.1. The summed E-state index contributed by atoms with van der Waals surface area (Å²) < 4.78 is 15.1. The third-order valence-electron chi connectivity index (χ3n) is 4.65. The fraction of sp³-hybridized carbons (Fsp3) is 0.400. The van der Waals surface area contributed by atoms with Crippen molar-refractivity contribution in [2.75, 3.05) is 0 Å². The second kappa shape index (κ2) is 4.36. The van der Waals surface area contributed by atoms with Gasteiger partial charge in [-0.25, -0.2) is 4.39 Å². The fourth-order valence-electron chi connectivity index (χ4n) is 3.43. The van der Waals surface area contributed by atoms with E-state index in [4.69, 9.17) is 0 Å². The Hall–Kier alpha value is -2.28. The summed E-state index contributed by atoms with van der Waals surface area (Å²) in [6.45, 7) is 1.44. The minimum Gasteiger partial charge on any atom is -0.309 e. The third kappa shape index (κ3) is 1.65. The highest BCUT2D eigenvalue weighted by molar-refractivity contribution is 6.07. The molecule has 1 atom stereocenters. The minimum atomic E-state index is -2.46. The molecule has 0 saturated carbocycles. The van der Waals surface area contributed by atoms with Crippen LogP contribution >= 0.6 is 0 Å². The van der Waals surface area contributed by atoms with Gasteiger partial charge in [-0.2, -0.15) is 0 Å². The Morgan fingerprint density at radius 3 is 2.73 bits per heavy atom. The van der Waals surface area contributed by atoms with Gasteiger partial charge in [0.2, 0.25) is 5.91 Å². The molecule has 1 fully saturated rings. The molecule has 3 aliphatic rings. The Balaban J connectivity index is 1.73. The van der Waals surface area contributed by atoms with Gasteiger partial charge in [-0.05, 0) is 22.8 Å². The van der Waals surface area contributed by atoms with E-state index in [1.807, 2.05) is 11.4 Å². The van der Waals surface area contributed by atoms with Crippen LogP contribution < -0.4 is 10.6 Å². The van der Waals surface area contributed by atoms with E-state index in [1.165, 1.54) is 0 Å². The van der Waals surface area contributed by atoms with Gasteiger partial charge in [-0.15, -0.1) is 0 Å². The molecule has 7 heteroatoms. The molecule has 1 aromatic carbocycles. The molecule has 2 N–H and O–H groups in total. The number of piperidine rings is 1. The quantitative estimate of drug-likeness (QED) is 0.579. The zero-order valence-electron chi connectivity index (χ0n) is 11.7. The number of nitrogens with one attached hydrogen (secondary N) is 2. The maximum absolute atomic E-state index is 15.1. The first kappa shape index (κ1) is 13.4. The van der Waals surface area contributed by atoms with Gasteiger partial charge in [0.1, 0.15) is 0 Å². The van der Waals surface area contributed by atoms with E-state index < -0.39 is 23.5 Å². The zero-order chi connectivity index (χ0) is 15.5. The third-order valence-corrected chi connectivity index (χ3v) is 4.65. The number of benzene rings is 1. The van der Waals surface area contributed by atoms with E-state index in [0.29, 0.717) is 12.1 Å². The van der Waals surface area contributed by atoms with Gasteiger partial charge in [0, 0.05) is 31.5 Å². The Labute approximate surface area is 125 Å². The van der Waals surface area contributed by atoms with E-state index in [-0.39, 0.29) is 19.4 Å². The number of hydrogen-bond donors (Lipinski definition) is 2. The highest BCUT2D eigenvalue weighted by Gasteiger charge is 2.53. The zero-order valence-corrected chi connectivity index (χ0v) is 11.7. The van der Waals surface area contributed by atoms with Crippen molar-refractivity contribution in [3.8, 4) is 0 Å². The van der Waals surface area contributed by atoms with Crippen molar-refractivity contribution in [2.45, 2.75) is 38.3 Å². The molecule has 3 amide bonds. The van der Waals surface area contributed by atoms with E-state index in [0.717, 1.165) is 28.1 Å². The van der Waals surface area contributed by atoms with Crippen molar-refractivity contribution in [2.24, 2.45) is 0 Å². The summed E-state index contributed by atoms with van der Waals surface area (Å²) >= 11 is 0. The first-order valence-electron chi connectivity index (χ1n) is 7.20. The van der Waals surface area contributed by atoms with Gasteiger partial charge in [-0.1, -0.05) is 6.07 Å². The molecule has 1 aromatic rings. The fourth-order valence-corrected chi connectivity index (χ4v) is 3.43. The minimum absolute atomic E-state index is 0.0666. The lowest BCUT2D eigenvalue weighted by Gasteiger charge is -2.35. The standard InChI is InChI=1S/C15H14FN3O3/c16-15(4-3-12(20)18-14(15)22)19-7-11-9(13(19)21)2-1-8-5-17-6-10(8)11/h1-2,17H,3-7H2,(H,18,20,22). The predicted molar refractivity (Wildman–Crippen MR) is 73.1 cm³/mol. The molecule has 114 valence electrons. The number of amides is 3. The monoisotopic (exact) mass is 303 g/mol. The number of nitrogens with zero attached hydrogens (tertiary/aromatic N) is 1. The molecule has 0 bridgehead atoms. The van der Waals surface area contributed by atoms with Crippen LogP contribution in [0.15, 0.2) is 12.1 Å². The van der Waals surface area contributed by atoms with Gasteiger partial charge < -0.3 is 5.32 Å². The Kier molecular flexibility index (Phi) is 2.65. The summed E-state index contributed by atoms with van der Waals surface area (Å²) in [5, 5.41) is 5.19. The van der Waals surface area contributed by atoms with Gasteiger partial charge in [0.05, 0.1) is 6.54 Å². The summed E-state index contributed by atoms with van der Waals surface area (Å²) in [5.74, 6) is -4.49. The molecule has 22 heavy (non-hydrogen) atoms. The van der Waals surface area contributed by atoms with Crippen LogP contribution in [0.25, 0.3) is 0 Å². The summed E-state index contributed by atoms with van der Waals surface area (Å²) in [6, 6.07) is 3.56. The predicted octanol–water partition coefficient (Wildman–Crippen LogP) is 0.348. The van der Waals surface area contributed by atoms with Crippen molar-refractivity contribution in [1.82, 2.24) is 15.5 Å². The number of carbonyl (C=O) groups is 3. The van der Waals surface area contributed by atoms with Crippen LogP contribution in [0.5, 0.6) is 0 Å². The summed E-state index contributed by atoms with van der Waals surface area (Å²) in [4.78, 5) is 36.6. The molecular weight excluding hydrogens is 289 g/mol. The van der Waals surface area contributed by atoms with Crippen LogP contribution in [-0.2, 0) is 29.2 Å². The molecule has 3 aliphatic heterocycles. The number of hydrogen-bond acceptors (Lipinski definition) is 4. The van der Waals surface area contributed by atoms with Crippen LogP contribution in [-0.4, -0.2) is 28.4 Å². The molecule has 0 radical (unpaired) electrons. The van der Waals surface area contributed by atoms with Crippen molar-refractivity contribution < 1.29 is 18.8 Å². The molecule has 0 aromatic heterocycles. The van der Waals surface area contributed by atoms with Crippen molar-refractivity contribution in [3.05, 3.63) is 34.4 Å². The molecule has 6 nitrogen and oxygen atoms in total. The Bertz CT molecular complexity index is 733. The largest absolute Gasteiger partial charge is 0.309 e. The van der Waals surface area contributed by atoms with Gasteiger partial charge in [-0.3, -0.25) is 24.6 Å². The second-order valence-electron chi connectivity index (χ2n) is 5.86.